The summed E-state index contributed by atoms with van der Waals surface area (Å²) in [6.07, 6.45) is -1.72. The van der Waals surface area contributed by atoms with E-state index in [1.54, 1.807) is 12.1 Å². The molecule has 2 N–H and O–H groups in total. The summed E-state index contributed by atoms with van der Waals surface area (Å²) in [5.41, 5.74) is 0. The van der Waals surface area contributed by atoms with Gasteiger partial charge in [0.05, 0.1) is 0 Å². The van der Waals surface area contributed by atoms with Crippen LogP contribution >= 0.6 is 0 Å². The smallest absolute Gasteiger partial charge is 0.194 e. The fourth-order valence-electron chi connectivity index (χ4n) is 0.924. The van der Waals surface area contributed by atoms with E-state index >= 15 is 0 Å². The first-order valence-corrected chi connectivity index (χ1v) is 4.29. The maximum atomic E-state index is 8.91. The Morgan fingerprint density at radius 1 is 1.14 bits per heavy atom. The highest BCUT2D eigenvalue weighted by molar-refractivity contribution is 5.30. The minimum absolute atomic E-state index is 0.429. The third-order valence-electron chi connectivity index (χ3n) is 1.36. The first kappa shape index (κ1) is 10.8. The first-order chi connectivity index (χ1) is 6.58. The van der Waals surface area contributed by atoms with Crippen molar-refractivity contribution < 1.29 is 19.7 Å². The highest BCUT2D eigenvalue weighted by Crippen LogP contribution is 2.18. The van der Waals surface area contributed by atoms with Crippen molar-refractivity contribution in [1.82, 2.24) is 0 Å². The standard InChI is InChI=1S/C10H13O4/c1-7(11)13-9-3-5-10(6-4-9)14-8(2)12/h3-5,7-8,11-12H,1-2H3. The zero-order chi connectivity index (χ0) is 10.6. The van der Waals surface area contributed by atoms with Crippen LogP contribution in [0.15, 0.2) is 18.2 Å². The Labute approximate surface area is 82.7 Å². The second-order valence-electron chi connectivity index (χ2n) is 2.82. The Balaban J connectivity index is 2.59. The van der Waals surface area contributed by atoms with E-state index in [-0.39, 0.29) is 0 Å². The van der Waals surface area contributed by atoms with Crippen LogP contribution in [0.2, 0.25) is 0 Å². The normalized spacial score (nSPS) is 14.6. The molecule has 0 aliphatic carbocycles. The van der Waals surface area contributed by atoms with Gasteiger partial charge in [0.2, 0.25) is 0 Å². The Morgan fingerprint density at radius 3 is 2.21 bits per heavy atom. The van der Waals surface area contributed by atoms with E-state index < -0.39 is 12.6 Å². The van der Waals surface area contributed by atoms with E-state index in [9.17, 15) is 0 Å². The molecule has 0 aromatic heterocycles. The van der Waals surface area contributed by atoms with Crippen molar-refractivity contribution in [1.29, 1.82) is 0 Å². The first-order valence-electron chi connectivity index (χ1n) is 4.29. The van der Waals surface area contributed by atoms with Crippen LogP contribution in [0.4, 0.5) is 0 Å². The molecule has 1 rings (SSSR count). The van der Waals surface area contributed by atoms with Gasteiger partial charge in [-0.1, -0.05) is 0 Å². The maximum Gasteiger partial charge on any atom is 0.194 e. The molecule has 0 spiro atoms. The summed E-state index contributed by atoms with van der Waals surface area (Å²) in [5.74, 6) is 0.927. The van der Waals surface area contributed by atoms with Crippen molar-refractivity contribution >= 4 is 0 Å². The lowest BCUT2D eigenvalue weighted by molar-refractivity contribution is -0.00377. The highest BCUT2D eigenvalue weighted by Gasteiger charge is 2.01. The van der Waals surface area contributed by atoms with Crippen LogP contribution in [0, 0.1) is 6.07 Å². The van der Waals surface area contributed by atoms with Gasteiger partial charge in [0, 0.05) is 6.07 Å². The summed E-state index contributed by atoms with van der Waals surface area (Å²) in [4.78, 5) is 0. The molecule has 0 heterocycles. The number of hydrogen-bond acceptors (Lipinski definition) is 4. The number of aliphatic hydroxyl groups is 2. The minimum atomic E-state index is -0.866. The van der Waals surface area contributed by atoms with Gasteiger partial charge in [-0.2, -0.15) is 0 Å². The van der Waals surface area contributed by atoms with Crippen LogP contribution in [0.5, 0.6) is 11.5 Å². The third-order valence-corrected chi connectivity index (χ3v) is 1.36. The predicted molar refractivity (Wildman–Crippen MR) is 49.9 cm³/mol. The zero-order valence-corrected chi connectivity index (χ0v) is 8.10. The largest absolute Gasteiger partial charge is 0.465 e. The van der Waals surface area contributed by atoms with Crippen molar-refractivity contribution in [2.24, 2.45) is 0 Å². The molecule has 1 aromatic rings. The lowest BCUT2D eigenvalue weighted by Gasteiger charge is -2.10. The van der Waals surface area contributed by atoms with E-state index in [1.165, 1.54) is 19.9 Å². The Bertz CT molecular complexity index is 237. The average Bonchev–Trinajstić information content (AvgIpc) is 2.06. The molecular weight excluding hydrogens is 184 g/mol. The zero-order valence-electron chi connectivity index (χ0n) is 8.10. The topological polar surface area (TPSA) is 58.9 Å². The molecule has 1 radical (unpaired) electrons. The Morgan fingerprint density at radius 2 is 1.79 bits per heavy atom. The molecular formula is C10H13O4. The molecule has 2 unspecified atom stereocenters. The molecule has 77 valence electrons. The fraction of sp³-hybridized carbons (Fsp3) is 0.400. The van der Waals surface area contributed by atoms with Crippen molar-refractivity contribution in [3.8, 4) is 11.5 Å². The van der Waals surface area contributed by atoms with Gasteiger partial charge in [-0.25, -0.2) is 0 Å². The molecule has 4 nitrogen and oxygen atoms in total. The van der Waals surface area contributed by atoms with Crippen LogP contribution in [0.25, 0.3) is 0 Å². The van der Waals surface area contributed by atoms with E-state index in [2.05, 4.69) is 6.07 Å². The number of aliphatic hydroxyl groups excluding tert-OH is 2. The molecule has 2 atom stereocenters. The van der Waals surface area contributed by atoms with E-state index in [0.717, 1.165) is 0 Å². The Hall–Kier alpha value is -1.26. The van der Waals surface area contributed by atoms with Gasteiger partial charge in [0.15, 0.2) is 12.6 Å². The summed E-state index contributed by atoms with van der Waals surface area (Å²) in [7, 11) is 0. The number of rotatable bonds is 4. The van der Waals surface area contributed by atoms with Gasteiger partial charge in [-0.15, -0.1) is 0 Å². The molecule has 1 aromatic carbocycles. The third kappa shape index (κ3) is 3.64. The van der Waals surface area contributed by atoms with Crippen LogP contribution in [0.3, 0.4) is 0 Å². The van der Waals surface area contributed by atoms with Gasteiger partial charge in [-0.05, 0) is 32.0 Å². The molecule has 4 heteroatoms. The molecule has 0 bridgehead atoms. The second kappa shape index (κ2) is 4.83. The molecule has 0 aliphatic rings. The molecule has 0 saturated heterocycles. The summed E-state index contributed by atoms with van der Waals surface area (Å²) in [6, 6.07) is 7.52. The average molecular weight is 197 g/mol. The van der Waals surface area contributed by atoms with Crippen molar-refractivity contribution in [2.75, 3.05) is 0 Å². The van der Waals surface area contributed by atoms with Crippen LogP contribution in [-0.4, -0.2) is 22.8 Å². The highest BCUT2D eigenvalue weighted by atomic mass is 16.6. The quantitative estimate of drug-likeness (QED) is 0.705. The Kier molecular flexibility index (Phi) is 3.73. The van der Waals surface area contributed by atoms with E-state index in [4.69, 9.17) is 19.7 Å². The predicted octanol–water partition coefficient (Wildman–Crippen LogP) is 0.921. The van der Waals surface area contributed by atoms with E-state index in [1.807, 2.05) is 0 Å². The van der Waals surface area contributed by atoms with Gasteiger partial charge >= 0.3 is 0 Å². The number of ether oxygens (including phenoxy) is 2. The van der Waals surface area contributed by atoms with E-state index in [0.29, 0.717) is 11.5 Å². The number of benzene rings is 1. The van der Waals surface area contributed by atoms with Gasteiger partial charge in [0.25, 0.3) is 0 Å². The lowest BCUT2D eigenvalue weighted by atomic mass is 10.3. The van der Waals surface area contributed by atoms with Crippen LogP contribution < -0.4 is 9.47 Å². The molecule has 0 saturated carbocycles. The second-order valence-corrected chi connectivity index (χ2v) is 2.82. The van der Waals surface area contributed by atoms with Crippen LogP contribution in [-0.2, 0) is 0 Å². The molecule has 0 amide bonds. The van der Waals surface area contributed by atoms with Gasteiger partial charge < -0.3 is 19.7 Å². The van der Waals surface area contributed by atoms with Crippen molar-refractivity contribution in [3.63, 3.8) is 0 Å². The van der Waals surface area contributed by atoms with Crippen molar-refractivity contribution in [3.05, 3.63) is 24.3 Å². The van der Waals surface area contributed by atoms with Crippen molar-refractivity contribution in [2.45, 2.75) is 26.4 Å². The summed E-state index contributed by atoms with van der Waals surface area (Å²) in [6.45, 7) is 3.02. The molecule has 0 aliphatic heterocycles. The minimum Gasteiger partial charge on any atom is -0.465 e. The maximum absolute atomic E-state index is 8.91. The summed E-state index contributed by atoms with van der Waals surface area (Å²) < 4.78 is 9.94. The van der Waals surface area contributed by atoms with Gasteiger partial charge in [0.1, 0.15) is 11.5 Å². The summed E-state index contributed by atoms with van der Waals surface area (Å²) in [5, 5.41) is 17.8. The van der Waals surface area contributed by atoms with Gasteiger partial charge in [-0.3, -0.25) is 0 Å². The SMILES string of the molecule is CC(O)Oc1[c]cc(OC(C)O)cc1. The molecule has 0 fully saturated rings. The molecule has 14 heavy (non-hydrogen) atoms. The lowest BCUT2D eigenvalue weighted by Crippen LogP contribution is -2.11. The number of hydrogen-bond donors (Lipinski definition) is 2. The van der Waals surface area contributed by atoms with Crippen LogP contribution in [0.1, 0.15) is 13.8 Å². The summed E-state index contributed by atoms with van der Waals surface area (Å²) >= 11 is 0. The fourth-order valence-corrected chi connectivity index (χ4v) is 0.924. The monoisotopic (exact) mass is 197 g/mol.